The third-order valence-electron chi connectivity index (χ3n) is 6.58. The normalized spacial score (nSPS) is 19.1. The van der Waals surface area contributed by atoms with Crippen molar-refractivity contribution in [1.29, 1.82) is 0 Å². The van der Waals surface area contributed by atoms with Gasteiger partial charge >= 0.3 is 0 Å². The summed E-state index contributed by atoms with van der Waals surface area (Å²) >= 11 is 0. The molecule has 6 heteroatoms. The van der Waals surface area contributed by atoms with Crippen LogP contribution >= 0.6 is 0 Å². The van der Waals surface area contributed by atoms with Crippen LogP contribution in [0.25, 0.3) is 0 Å². The van der Waals surface area contributed by atoms with Crippen LogP contribution in [0.4, 0.5) is 0 Å². The Bertz CT molecular complexity index is 1020. The lowest BCUT2D eigenvalue weighted by Crippen LogP contribution is -2.43. The maximum Gasteiger partial charge on any atom is 0.230 e. The first-order valence-corrected chi connectivity index (χ1v) is 10.4. The van der Waals surface area contributed by atoms with Crippen molar-refractivity contribution in [2.75, 3.05) is 13.1 Å². The van der Waals surface area contributed by atoms with Crippen LogP contribution in [0.1, 0.15) is 58.6 Å². The Hall–Kier alpha value is -2.89. The van der Waals surface area contributed by atoms with Crippen LogP contribution in [0, 0.1) is 13.8 Å². The van der Waals surface area contributed by atoms with Gasteiger partial charge < -0.3 is 14.0 Å². The highest BCUT2D eigenvalue weighted by atomic mass is 16.5. The predicted molar refractivity (Wildman–Crippen MR) is 109 cm³/mol. The molecule has 1 aliphatic carbocycles. The summed E-state index contributed by atoms with van der Waals surface area (Å²) in [6.45, 7) is 6.27. The number of hydrogen-bond acceptors (Lipinski definition) is 4. The molecule has 1 fully saturated rings. The molecular weight excluding hydrogens is 364 g/mol. The lowest BCUT2D eigenvalue weighted by molar-refractivity contribution is -0.134. The third kappa shape index (κ3) is 3.16. The van der Waals surface area contributed by atoms with Crippen molar-refractivity contribution in [2.45, 2.75) is 51.5 Å². The van der Waals surface area contributed by atoms with Crippen LogP contribution in [0.15, 0.2) is 41.2 Å². The third-order valence-corrected chi connectivity index (χ3v) is 6.58. The fourth-order valence-corrected chi connectivity index (χ4v) is 4.77. The molecule has 2 aromatic heterocycles. The van der Waals surface area contributed by atoms with Crippen LogP contribution in [0.5, 0.6) is 0 Å². The van der Waals surface area contributed by atoms with Gasteiger partial charge in [0.15, 0.2) is 0 Å². The number of aryl methyl sites for hydroxylation is 2. The quantitative estimate of drug-likeness (QED) is 0.683. The molecule has 29 heavy (non-hydrogen) atoms. The Morgan fingerprint density at radius 2 is 2.00 bits per heavy atom. The van der Waals surface area contributed by atoms with Crippen molar-refractivity contribution in [1.82, 2.24) is 19.6 Å². The molecular formula is C23H26N4O2. The van der Waals surface area contributed by atoms with Crippen molar-refractivity contribution >= 4 is 5.91 Å². The van der Waals surface area contributed by atoms with Gasteiger partial charge in [0.05, 0.1) is 18.2 Å². The van der Waals surface area contributed by atoms with E-state index in [2.05, 4.69) is 37.8 Å². The number of carbonyl (C=O) groups is 1. The van der Waals surface area contributed by atoms with E-state index in [0.29, 0.717) is 11.8 Å². The Morgan fingerprint density at radius 3 is 2.72 bits per heavy atom. The van der Waals surface area contributed by atoms with Gasteiger partial charge in [-0.1, -0.05) is 29.4 Å². The van der Waals surface area contributed by atoms with E-state index < -0.39 is 0 Å². The smallest absolute Gasteiger partial charge is 0.230 e. The summed E-state index contributed by atoms with van der Waals surface area (Å²) in [5.74, 6) is 2.70. The first-order chi connectivity index (χ1) is 14.1. The minimum absolute atomic E-state index is 0.0595. The van der Waals surface area contributed by atoms with E-state index in [9.17, 15) is 4.79 Å². The fourth-order valence-electron chi connectivity index (χ4n) is 4.77. The van der Waals surface area contributed by atoms with Crippen molar-refractivity contribution in [3.8, 4) is 0 Å². The Labute approximate surface area is 170 Å². The van der Waals surface area contributed by atoms with E-state index in [1.165, 1.54) is 11.1 Å². The monoisotopic (exact) mass is 390 g/mol. The van der Waals surface area contributed by atoms with Gasteiger partial charge in [-0.2, -0.15) is 0 Å². The molecule has 2 aliphatic rings. The SMILES string of the molecule is Cc1noc(C)c1Cn1ccnc1C1CCN(C(=O)C2Cc3ccccc32)CC1. The zero-order valence-corrected chi connectivity index (χ0v) is 17.0. The first kappa shape index (κ1) is 18.2. The molecule has 1 aliphatic heterocycles. The standard InChI is InChI=1S/C23H26N4O2/c1-15-21(16(2)29-25-15)14-27-12-9-24-22(27)17-7-10-26(11-8-17)23(28)20-13-18-5-3-4-6-19(18)20/h3-6,9,12,17,20H,7-8,10-11,13-14H2,1-2H3. The second-order valence-corrected chi connectivity index (χ2v) is 8.27. The number of benzene rings is 1. The number of piperidine rings is 1. The minimum Gasteiger partial charge on any atom is -0.361 e. The van der Waals surface area contributed by atoms with Gasteiger partial charge in [-0.15, -0.1) is 0 Å². The molecule has 1 unspecified atom stereocenters. The molecule has 0 N–H and O–H groups in total. The lowest BCUT2D eigenvalue weighted by atomic mass is 9.76. The molecule has 1 atom stereocenters. The number of carbonyl (C=O) groups excluding carboxylic acids is 1. The van der Waals surface area contributed by atoms with Crippen LogP contribution in [0.3, 0.4) is 0 Å². The summed E-state index contributed by atoms with van der Waals surface area (Å²) in [7, 11) is 0. The van der Waals surface area contributed by atoms with Crippen molar-refractivity contribution in [3.63, 3.8) is 0 Å². The van der Waals surface area contributed by atoms with Crippen molar-refractivity contribution < 1.29 is 9.32 Å². The molecule has 0 radical (unpaired) electrons. The Morgan fingerprint density at radius 1 is 1.21 bits per heavy atom. The van der Waals surface area contributed by atoms with E-state index in [4.69, 9.17) is 4.52 Å². The molecule has 1 aromatic carbocycles. The number of hydrogen-bond donors (Lipinski definition) is 0. The highest BCUT2D eigenvalue weighted by molar-refractivity contribution is 5.87. The van der Waals surface area contributed by atoms with Gasteiger partial charge in [-0.3, -0.25) is 4.79 Å². The van der Waals surface area contributed by atoms with Crippen LogP contribution in [0.2, 0.25) is 0 Å². The summed E-state index contributed by atoms with van der Waals surface area (Å²) in [5, 5.41) is 4.06. The van der Waals surface area contributed by atoms with Gasteiger partial charge in [0.2, 0.25) is 5.91 Å². The van der Waals surface area contributed by atoms with Crippen LogP contribution in [-0.2, 0) is 17.8 Å². The molecule has 0 bridgehead atoms. The Kier molecular flexibility index (Phi) is 4.49. The highest BCUT2D eigenvalue weighted by Gasteiger charge is 2.36. The number of likely N-dealkylation sites (tertiary alicyclic amines) is 1. The fraction of sp³-hybridized carbons (Fsp3) is 0.435. The maximum atomic E-state index is 13.0. The number of nitrogens with zero attached hydrogens (tertiary/aromatic N) is 4. The summed E-state index contributed by atoms with van der Waals surface area (Å²) in [4.78, 5) is 19.7. The number of rotatable bonds is 4. The number of amides is 1. The van der Waals surface area contributed by atoms with Crippen molar-refractivity contribution in [2.24, 2.45) is 0 Å². The van der Waals surface area contributed by atoms with E-state index >= 15 is 0 Å². The van der Waals surface area contributed by atoms with Gasteiger partial charge in [0, 0.05) is 37.0 Å². The van der Waals surface area contributed by atoms with E-state index in [1.54, 1.807) is 0 Å². The second kappa shape index (κ2) is 7.17. The minimum atomic E-state index is 0.0595. The predicted octanol–water partition coefficient (Wildman–Crippen LogP) is 3.58. The van der Waals surface area contributed by atoms with E-state index in [-0.39, 0.29) is 5.92 Å². The molecule has 6 nitrogen and oxygen atoms in total. The zero-order chi connectivity index (χ0) is 20.0. The molecule has 1 saturated heterocycles. The first-order valence-electron chi connectivity index (χ1n) is 10.4. The number of imidazole rings is 1. The largest absolute Gasteiger partial charge is 0.361 e. The molecule has 5 rings (SSSR count). The van der Waals surface area contributed by atoms with Gasteiger partial charge in [-0.25, -0.2) is 4.98 Å². The summed E-state index contributed by atoms with van der Waals surface area (Å²) in [6, 6.07) is 8.31. The van der Waals surface area contributed by atoms with Gasteiger partial charge in [0.1, 0.15) is 11.6 Å². The average molecular weight is 390 g/mol. The lowest BCUT2D eigenvalue weighted by Gasteiger charge is -2.37. The Balaban J connectivity index is 1.24. The molecule has 0 saturated carbocycles. The molecule has 150 valence electrons. The van der Waals surface area contributed by atoms with Gasteiger partial charge in [0.25, 0.3) is 0 Å². The van der Waals surface area contributed by atoms with Gasteiger partial charge in [-0.05, 0) is 44.2 Å². The van der Waals surface area contributed by atoms with E-state index in [0.717, 1.165) is 61.7 Å². The molecule has 3 heterocycles. The molecule has 1 amide bonds. The highest BCUT2D eigenvalue weighted by Crippen LogP contribution is 2.37. The zero-order valence-electron chi connectivity index (χ0n) is 17.0. The number of aromatic nitrogens is 3. The van der Waals surface area contributed by atoms with Crippen LogP contribution in [-0.4, -0.2) is 38.6 Å². The number of fused-ring (bicyclic) bond motifs is 1. The summed E-state index contributed by atoms with van der Waals surface area (Å²) in [6.07, 6.45) is 6.70. The van der Waals surface area contributed by atoms with E-state index in [1.807, 2.05) is 32.3 Å². The maximum absolute atomic E-state index is 13.0. The summed E-state index contributed by atoms with van der Waals surface area (Å²) < 4.78 is 7.51. The van der Waals surface area contributed by atoms with Crippen LogP contribution < -0.4 is 0 Å². The second-order valence-electron chi connectivity index (χ2n) is 8.27. The molecule has 3 aromatic rings. The summed E-state index contributed by atoms with van der Waals surface area (Å²) in [5.41, 5.74) is 4.60. The average Bonchev–Trinajstić information content (AvgIpc) is 3.31. The van der Waals surface area contributed by atoms with Crippen molar-refractivity contribution in [3.05, 3.63) is 70.6 Å². The topological polar surface area (TPSA) is 64.2 Å². The molecule has 0 spiro atoms.